The third-order valence-corrected chi connectivity index (χ3v) is 5.43. The molecular formula is C21H26N2O3. The molecular weight excluding hydrogens is 328 g/mol. The van der Waals surface area contributed by atoms with Gasteiger partial charge in [-0.25, -0.2) is 0 Å². The number of allylic oxidation sites excluding steroid dienone is 2. The molecule has 5 nitrogen and oxygen atoms in total. The van der Waals surface area contributed by atoms with E-state index in [9.17, 15) is 14.4 Å². The number of hydrogen-bond acceptors (Lipinski definition) is 3. The van der Waals surface area contributed by atoms with E-state index in [1.54, 1.807) is 0 Å². The standard InChI is InChI=1S/C21H26N2O3/c1-3-15-8-10-16(11-9-15)14(2)22-19(24)12-13-23-20(25)17-6-4-5-7-18(17)21(23)26/h4-5,8-11,14,17-18H,3,6-7,12-13H2,1-2H3,(H,22,24)/t14-,17-,18+/m1/s1. The molecule has 1 aromatic carbocycles. The van der Waals surface area contributed by atoms with E-state index >= 15 is 0 Å². The summed E-state index contributed by atoms with van der Waals surface area (Å²) in [4.78, 5) is 38.4. The molecule has 5 heteroatoms. The summed E-state index contributed by atoms with van der Waals surface area (Å²) in [6, 6.07) is 8.07. The lowest BCUT2D eigenvalue weighted by Crippen LogP contribution is -2.36. The molecule has 3 rings (SSSR count). The van der Waals surface area contributed by atoms with Crippen molar-refractivity contribution in [2.24, 2.45) is 11.8 Å². The van der Waals surface area contributed by atoms with Crippen LogP contribution in [0.15, 0.2) is 36.4 Å². The Morgan fingerprint density at radius 2 is 1.69 bits per heavy atom. The highest BCUT2D eigenvalue weighted by atomic mass is 16.2. The molecule has 0 spiro atoms. The van der Waals surface area contributed by atoms with Gasteiger partial charge in [0.05, 0.1) is 17.9 Å². The van der Waals surface area contributed by atoms with Gasteiger partial charge in [-0.05, 0) is 37.3 Å². The second-order valence-electron chi connectivity index (χ2n) is 7.12. The summed E-state index contributed by atoms with van der Waals surface area (Å²) in [5, 5.41) is 2.95. The van der Waals surface area contributed by atoms with Crippen LogP contribution in [0.4, 0.5) is 0 Å². The first-order chi connectivity index (χ1) is 12.5. The molecule has 1 fully saturated rings. The van der Waals surface area contributed by atoms with Crippen molar-refractivity contribution in [2.75, 3.05) is 6.54 Å². The predicted molar refractivity (Wildman–Crippen MR) is 99.1 cm³/mol. The largest absolute Gasteiger partial charge is 0.350 e. The molecule has 1 aliphatic carbocycles. The summed E-state index contributed by atoms with van der Waals surface area (Å²) in [6.07, 6.45) is 6.31. The predicted octanol–water partition coefficient (Wildman–Crippen LogP) is 2.77. The fourth-order valence-electron chi connectivity index (χ4n) is 3.74. The number of rotatable bonds is 6. The van der Waals surface area contributed by atoms with Crippen LogP contribution in [0.5, 0.6) is 0 Å². The van der Waals surface area contributed by atoms with Gasteiger partial charge in [0.2, 0.25) is 17.7 Å². The molecule has 1 heterocycles. The van der Waals surface area contributed by atoms with Crippen molar-refractivity contribution in [1.29, 1.82) is 0 Å². The van der Waals surface area contributed by atoms with Crippen LogP contribution >= 0.6 is 0 Å². The number of nitrogens with one attached hydrogen (secondary N) is 1. The van der Waals surface area contributed by atoms with E-state index in [0.29, 0.717) is 12.8 Å². The molecule has 0 bridgehead atoms. The number of carbonyl (C=O) groups is 3. The zero-order valence-corrected chi connectivity index (χ0v) is 15.4. The summed E-state index contributed by atoms with van der Waals surface area (Å²) < 4.78 is 0. The maximum Gasteiger partial charge on any atom is 0.233 e. The summed E-state index contributed by atoms with van der Waals surface area (Å²) in [7, 11) is 0. The number of amides is 3. The van der Waals surface area contributed by atoms with Gasteiger partial charge in [0.25, 0.3) is 0 Å². The first-order valence-electron chi connectivity index (χ1n) is 9.39. The molecule has 1 saturated heterocycles. The van der Waals surface area contributed by atoms with Gasteiger partial charge in [-0.3, -0.25) is 19.3 Å². The average Bonchev–Trinajstić information content (AvgIpc) is 2.91. The second-order valence-corrected chi connectivity index (χ2v) is 7.12. The highest BCUT2D eigenvalue weighted by Gasteiger charge is 2.46. The molecule has 2 aliphatic rings. The van der Waals surface area contributed by atoms with Crippen LogP contribution < -0.4 is 5.32 Å². The number of likely N-dealkylation sites (tertiary alicyclic amines) is 1. The van der Waals surface area contributed by atoms with E-state index in [1.165, 1.54) is 10.5 Å². The lowest BCUT2D eigenvalue weighted by atomic mass is 9.85. The van der Waals surface area contributed by atoms with Crippen LogP contribution in [-0.4, -0.2) is 29.2 Å². The first kappa shape index (κ1) is 18.4. The third kappa shape index (κ3) is 3.71. The van der Waals surface area contributed by atoms with Gasteiger partial charge in [-0.15, -0.1) is 0 Å². The fraction of sp³-hybridized carbons (Fsp3) is 0.476. The highest BCUT2D eigenvalue weighted by Crippen LogP contribution is 2.35. The van der Waals surface area contributed by atoms with E-state index in [-0.39, 0.29) is 48.6 Å². The van der Waals surface area contributed by atoms with E-state index in [0.717, 1.165) is 12.0 Å². The van der Waals surface area contributed by atoms with Crippen molar-refractivity contribution < 1.29 is 14.4 Å². The smallest absolute Gasteiger partial charge is 0.233 e. The van der Waals surface area contributed by atoms with Gasteiger partial charge in [-0.1, -0.05) is 43.3 Å². The summed E-state index contributed by atoms with van der Waals surface area (Å²) in [5.74, 6) is -0.857. The van der Waals surface area contributed by atoms with Gasteiger partial charge in [0, 0.05) is 13.0 Å². The average molecular weight is 354 g/mol. The van der Waals surface area contributed by atoms with Crippen molar-refractivity contribution in [3.05, 3.63) is 47.5 Å². The van der Waals surface area contributed by atoms with E-state index < -0.39 is 0 Å². The lowest BCUT2D eigenvalue weighted by Gasteiger charge is -2.17. The molecule has 1 aliphatic heterocycles. The van der Waals surface area contributed by atoms with E-state index in [4.69, 9.17) is 0 Å². The van der Waals surface area contributed by atoms with Crippen molar-refractivity contribution in [3.8, 4) is 0 Å². The molecule has 0 unspecified atom stereocenters. The van der Waals surface area contributed by atoms with Crippen LogP contribution in [0.25, 0.3) is 0 Å². The molecule has 0 aromatic heterocycles. The van der Waals surface area contributed by atoms with E-state index in [1.807, 2.05) is 31.2 Å². The number of aryl methyl sites for hydroxylation is 1. The maximum absolute atomic E-state index is 12.4. The first-order valence-corrected chi connectivity index (χ1v) is 9.39. The molecule has 1 aromatic rings. The van der Waals surface area contributed by atoms with Crippen molar-refractivity contribution >= 4 is 17.7 Å². The quantitative estimate of drug-likeness (QED) is 0.631. The Morgan fingerprint density at radius 1 is 1.12 bits per heavy atom. The van der Waals surface area contributed by atoms with Crippen LogP contribution in [-0.2, 0) is 20.8 Å². The highest BCUT2D eigenvalue weighted by molar-refractivity contribution is 6.05. The topological polar surface area (TPSA) is 66.5 Å². The molecule has 26 heavy (non-hydrogen) atoms. The van der Waals surface area contributed by atoms with Gasteiger partial charge in [0.1, 0.15) is 0 Å². The summed E-state index contributed by atoms with van der Waals surface area (Å²) in [5.41, 5.74) is 2.30. The van der Waals surface area contributed by atoms with Crippen LogP contribution in [0.3, 0.4) is 0 Å². The third-order valence-electron chi connectivity index (χ3n) is 5.43. The van der Waals surface area contributed by atoms with Crippen molar-refractivity contribution in [1.82, 2.24) is 10.2 Å². The Kier molecular flexibility index (Phi) is 5.55. The monoisotopic (exact) mass is 354 g/mol. The minimum Gasteiger partial charge on any atom is -0.350 e. The number of benzene rings is 1. The number of imide groups is 1. The minimum absolute atomic E-state index is 0.106. The van der Waals surface area contributed by atoms with Gasteiger partial charge >= 0.3 is 0 Å². The zero-order valence-electron chi connectivity index (χ0n) is 15.4. The van der Waals surface area contributed by atoms with Crippen LogP contribution in [0, 0.1) is 11.8 Å². The number of carbonyl (C=O) groups excluding carboxylic acids is 3. The van der Waals surface area contributed by atoms with E-state index in [2.05, 4.69) is 24.4 Å². The Balaban J connectivity index is 1.52. The normalized spacial score (nSPS) is 23.1. The van der Waals surface area contributed by atoms with Crippen molar-refractivity contribution in [3.63, 3.8) is 0 Å². The summed E-state index contributed by atoms with van der Waals surface area (Å²) >= 11 is 0. The Bertz CT molecular complexity index is 697. The summed E-state index contributed by atoms with van der Waals surface area (Å²) in [6.45, 7) is 4.20. The number of fused-ring (bicyclic) bond motifs is 1. The molecule has 138 valence electrons. The molecule has 0 saturated carbocycles. The fourth-order valence-corrected chi connectivity index (χ4v) is 3.74. The van der Waals surface area contributed by atoms with Crippen molar-refractivity contribution in [2.45, 2.75) is 45.6 Å². The SMILES string of the molecule is CCc1ccc([C@@H](C)NC(=O)CCN2C(=O)[C@H]3CC=CC[C@H]3C2=O)cc1. The molecule has 3 amide bonds. The van der Waals surface area contributed by atoms with Crippen LogP contribution in [0.1, 0.15) is 50.3 Å². The van der Waals surface area contributed by atoms with Crippen LogP contribution in [0.2, 0.25) is 0 Å². The zero-order chi connectivity index (χ0) is 18.7. The Morgan fingerprint density at radius 3 is 2.23 bits per heavy atom. The van der Waals surface area contributed by atoms with Gasteiger partial charge < -0.3 is 5.32 Å². The number of nitrogens with zero attached hydrogens (tertiary/aromatic N) is 1. The molecule has 1 N–H and O–H groups in total. The Labute approximate surface area is 154 Å². The minimum atomic E-state index is -0.230. The Hall–Kier alpha value is -2.43. The lowest BCUT2D eigenvalue weighted by molar-refractivity contribution is -0.140. The van der Waals surface area contributed by atoms with Gasteiger partial charge in [-0.2, -0.15) is 0 Å². The van der Waals surface area contributed by atoms with Gasteiger partial charge in [0.15, 0.2) is 0 Å². The number of hydrogen-bond donors (Lipinski definition) is 1. The maximum atomic E-state index is 12.4. The molecule has 3 atom stereocenters. The molecule has 0 radical (unpaired) electrons. The second kappa shape index (κ2) is 7.85.